The Morgan fingerprint density at radius 1 is 1.53 bits per heavy atom. The number of carbonyl (C=O) groups is 1. The van der Waals surface area contributed by atoms with Gasteiger partial charge in [-0.15, -0.1) is 12.4 Å². The molecule has 5 heteroatoms. The maximum atomic E-state index is 12.2. The van der Waals surface area contributed by atoms with Crippen LogP contribution in [0.15, 0.2) is 28.7 Å². The van der Waals surface area contributed by atoms with Crippen LogP contribution in [-0.2, 0) is 11.3 Å². The van der Waals surface area contributed by atoms with Crippen molar-refractivity contribution in [3.63, 3.8) is 0 Å². The standard InChI is InChI=1S/C14H19BrN2O.ClH/c1-2-13(16)14(18)17(12-6-7-12)9-10-4-3-5-11(15)8-10;/h3-5,8,12-13H,2,6-7,9,16H2,1H3;1H/t13-;/m0./s1. The Kier molecular flexibility index (Phi) is 6.30. The molecular weight excluding hydrogens is 328 g/mol. The van der Waals surface area contributed by atoms with Crippen LogP contribution in [0.4, 0.5) is 0 Å². The monoisotopic (exact) mass is 346 g/mol. The number of hydrogen-bond acceptors (Lipinski definition) is 2. The highest BCUT2D eigenvalue weighted by Crippen LogP contribution is 2.29. The summed E-state index contributed by atoms with van der Waals surface area (Å²) in [6.45, 7) is 2.61. The van der Waals surface area contributed by atoms with Crippen LogP contribution in [0.5, 0.6) is 0 Å². The van der Waals surface area contributed by atoms with Gasteiger partial charge in [-0.1, -0.05) is 35.0 Å². The molecule has 2 rings (SSSR count). The van der Waals surface area contributed by atoms with Gasteiger partial charge in [-0.2, -0.15) is 0 Å². The lowest BCUT2D eigenvalue weighted by Crippen LogP contribution is -2.44. The van der Waals surface area contributed by atoms with E-state index in [2.05, 4.69) is 22.0 Å². The molecule has 0 unspecified atom stereocenters. The van der Waals surface area contributed by atoms with Crippen LogP contribution >= 0.6 is 28.3 Å². The summed E-state index contributed by atoms with van der Waals surface area (Å²) >= 11 is 3.46. The summed E-state index contributed by atoms with van der Waals surface area (Å²) < 4.78 is 1.04. The number of nitrogens with zero attached hydrogens (tertiary/aromatic N) is 1. The molecule has 1 atom stereocenters. The Morgan fingerprint density at radius 3 is 2.74 bits per heavy atom. The molecule has 1 amide bonds. The van der Waals surface area contributed by atoms with Gasteiger partial charge >= 0.3 is 0 Å². The predicted octanol–water partition coefficient (Wildman–Crippen LogP) is 3.10. The largest absolute Gasteiger partial charge is 0.334 e. The van der Waals surface area contributed by atoms with Crippen LogP contribution in [-0.4, -0.2) is 22.9 Å². The second-order valence-electron chi connectivity index (χ2n) is 4.84. The number of carbonyl (C=O) groups excluding carboxylic acids is 1. The van der Waals surface area contributed by atoms with Gasteiger partial charge in [0.25, 0.3) is 0 Å². The van der Waals surface area contributed by atoms with E-state index in [9.17, 15) is 4.79 Å². The van der Waals surface area contributed by atoms with Crippen LogP contribution < -0.4 is 5.73 Å². The lowest BCUT2D eigenvalue weighted by atomic mass is 10.1. The zero-order chi connectivity index (χ0) is 13.1. The quantitative estimate of drug-likeness (QED) is 0.889. The third kappa shape index (κ3) is 4.48. The van der Waals surface area contributed by atoms with Gasteiger partial charge in [0.05, 0.1) is 6.04 Å². The number of halogens is 2. The maximum absolute atomic E-state index is 12.2. The molecule has 0 aliphatic heterocycles. The summed E-state index contributed by atoms with van der Waals surface area (Å²) in [6.07, 6.45) is 2.91. The molecular formula is C14H20BrClN2O. The molecule has 1 aliphatic rings. The average Bonchev–Trinajstić information content (AvgIpc) is 3.18. The molecule has 1 aliphatic carbocycles. The molecule has 1 saturated carbocycles. The van der Waals surface area contributed by atoms with E-state index in [-0.39, 0.29) is 24.4 Å². The van der Waals surface area contributed by atoms with Crippen molar-refractivity contribution in [2.24, 2.45) is 5.73 Å². The summed E-state index contributed by atoms with van der Waals surface area (Å²) in [5.74, 6) is 0.0833. The lowest BCUT2D eigenvalue weighted by Gasteiger charge is -2.25. The van der Waals surface area contributed by atoms with Crippen LogP contribution in [0.3, 0.4) is 0 Å². The topological polar surface area (TPSA) is 46.3 Å². The van der Waals surface area contributed by atoms with Crippen molar-refractivity contribution >= 4 is 34.2 Å². The van der Waals surface area contributed by atoms with Crippen LogP contribution in [0, 0.1) is 0 Å². The number of amides is 1. The Labute approximate surface area is 129 Å². The Bertz CT molecular complexity index is 437. The van der Waals surface area contributed by atoms with Crippen molar-refractivity contribution in [2.45, 2.75) is 44.8 Å². The minimum Gasteiger partial charge on any atom is -0.334 e. The Hall–Kier alpha value is -0.580. The number of benzene rings is 1. The molecule has 3 nitrogen and oxygen atoms in total. The summed E-state index contributed by atoms with van der Waals surface area (Å²) in [4.78, 5) is 14.2. The van der Waals surface area contributed by atoms with Crippen LogP contribution in [0.2, 0.25) is 0 Å². The lowest BCUT2D eigenvalue weighted by molar-refractivity contribution is -0.133. The van der Waals surface area contributed by atoms with Crippen molar-refractivity contribution in [3.8, 4) is 0 Å². The van der Waals surface area contributed by atoms with Gasteiger partial charge < -0.3 is 10.6 Å². The first kappa shape index (κ1) is 16.5. The van der Waals surface area contributed by atoms with Gasteiger partial charge in [0.15, 0.2) is 0 Å². The van der Waals surface area contributed by atoms with E-state index in [1.807, 2.05) is 30.0 Å². The smallest absolute Gasteiger partial charge is 0.240 e. The van der Waals surface area contributed by atoms with Crippen molar-refractivity contribution in [3.05, 3.63) is 34.3 Å². The summed E-state index contributed by atoms with van der Waals surface area (Å²) in [6, 6.07) is 8.12. The molecule has 19 heavy (non-hydrogen) atoms. The molecule has 0 heterocycles. The van der Waals surface area contributed by atoms with Gasteiger partial charge in [-0.05, 0) is 37.0 Å². The SMILES string of the molecule is CC[C@H](N)C(=O)N(Cc1cccc(Br)c1)C1CC1.Cl. The van der Waals surface area contributed by atoms with E-state index in [0.29, 0.717) is 19.0 Å². The molecule has 2 N–H and O–H groups in total. The second kappa shape index (κ2) is 7.27. The Morgan fingerprint density at radius 2 is 2.21 bits per heavy atom. The predicted molar refractivity (Wildman–Crippen MR) is 83.2 cm³/mol. The molecule has 1 fully saturated rings. The molecule has 0 aromatic heterocycles. The Balaban J connectivity index is 0.00000180. The number of hydrogen-bond donors (Lipinski definition) is 1. The summed E-state index contributed by atoms with van der Waals surface area (Å²) in [5, 5.41) is 0. The maximum Gasteiger partial charge on any atom is 0.240 e. The zero-order valence-corrected chi connectivity index (χ0v) is 13.4. The molecule has 0 bridgehead atoms. The van der Waals surface area contributed by atoms with Gasteiger partial charge in [-0.3, -0.25) is 4.79 Å². The van der Waals surface area contributed by atoms with E-state index >= 15 is 0 Å². The second-order valence-corrected chi connectivity index (χ2v) is 5.76. The molecule has 0 saturated heterocycles. The summed E-state index contributed by atoms with van der Waals surface area (Å²) in [7, 11) is 0. The van der Waals surface area contributed by atoms with Crippen molar-refractivity contribution < 1.29 is 4.79 Å². The molecule has 0 spiro atoms. The van der Waals surface area contributed by atoms with Crippen molar-refractivity contribution in [1.29, 1.82) is 0 Å². The van der Waals surface area contributed by atoms with E-state index < -0.39 is 0 Å². The van der Waals surface area contributed by atoms with Gasteiger partial charge in [0.2, 0.25) is 5.91 Å². The fourth-order valence-electron chi connectivity index (χ4n) is 1.99. The fourth-order valence-corrected chi connectivity index (χ4v) is 2.44. The highest BCUT2D eigenvalue weighted by atomic mass is 79.9. The third-order valence-corrected chi connectivity index (χ3v) is 3.76. The third-order valence-electron chi connectivity index (χ3n) is 3.27. The first-order valence-electron chi connectivity index (χ1n) is 6.42. The molecule has 1 aromatic rings. The van der Waals surface area contributed by atoms with Crippen LogP contribution in [0.25, 0.3) is 0 Å². The highest BCUT2D eigenvalue weighted by molar-refractivity contribution is 9.10. The first-order chi connectivity index (χ1) is 8.61. The van der Waals surface area contributed by atoms with Crippen LogP contribution in [0.1, 0.15) is 31.7 Å². The molecule has 106 valence electrons. The minimum atomic E-state index is -0.363. The van der Waals surface area contributed by atoms with Gasteiger partial charge in [-0.25, -0.2) is 0 Å². The molecule has 1 aromatic carbocycles. The van der Waals surface area contributed by atoms with Crippen molar-refractivity contribution in [1.82, 2.24) is 4.90 Å². The number of rotatable bonds is 5. The van der Waals surface area contributed by atoms with E-state index in [4.69, 9.17) is 5.73 Å². The zero-order valence-electron chi connectivity index (χ0n) is 11.0. The number of nitrogens with two attached hydrogens (primary N) is 1. The van der Waals surface area contributed by atoms with E-state index in [0.717, 1.165) is 22.9 Å². The fraction of sp³-hybridized carbons (Fsp3) is 0.500. The first-order valence-corrected chi connectivity index (χ1v) is 7.21. The minimum absolute atomic E-state index is 0. The highest BCUT2D eigenvalue weighted by Gasteiger charge is 2.34. The normalized spacial score (nSPS) is 15.5. The van der Waals surface area contributed by atoms with Gasteiger partial charge in [0.1, 0.15) is 0 Å². The van der Waals surface area contributed by atoms with Crippen molar-refractivity contribution in [2.75, 3.05) is 0 Å². The molecule has 0 radical (unpaired) electrons. The van der Waals surface area contributed by atoms with Gasteiger partial charge in [0, 0.05) is 17.1 Å². The summed E-state index contributed by atoms with van der Waals surface area (Å²) in [5.41, 5.74) is 7.01. The van der Waals surface area contributed by atoms with E-state index in [1.165, 1.54) is 0 Å². The average molecular weight is 348 g/mol. The van der Waals surface area contributed by atoms with E-state index in [1.54, 1.807) is 0 Å².